The molecule has 0 radical (unpaired) electrons. The van der Waals surface area contributed by atoms with E-state index in [2.05, 4.69) is 158 Å². The van der Waals surface area contributed by atoms with E-state index < -0.39 is 0 Å². The highest BCUT2D eigenvalue weighted by Gasteiger charge is 2.20. The summed E-state index contributed by atoms with van der Waals surface area (Å²) < 4.78 is 0. The number of hydrogen-bond acceptors (Lipinski definition) is 0. The Morgan fingerprint density at radius 2 is 0.479 bits per heavy atom. The second-order valence-electron chi connectivity index (χ2n) is 13.6. The average molecular weight is 603 g/mol. The van der Waals surface area contributed by atoms with Crippen LogP contribution >= 0.6 is 0 Å². The van der Waals surface area contributed by atoms with E-state index in [-0.39, 0.29) is 0 Å². The molecular weight excluding hydrogens is 577 g/mol. The lowest BCUT2D eigenvalue weighted by Gasteiger charge is -2.20. The first-order chi connectivity index (χ1) is 23.8. The number of benzene rings is 12. The van der Waals surface area contributed by atoms with E-state index in [0.29, 0.717) is 0 Å². The van der Waals surface area contributed by atoms with Gasteiger partial charge in [-0.3, -0.25) is 0 Å². The summed E-state index contributed by atoms with van der Waals surface area (Å²) in [6.07, 6.45) is 0. The van der Waals surface area contributed by atoms with Gasteiger partial charge in [-0.15, -0.1) is 0 Å². The molecule has 48 heavy (non-hydrogen) atoms. The Balaban J connectivity index is 1.18. The van der Waals surface area contributed by atoms with Gasteiger partial charge in [-0.25, -0.2) is 0 Å². The fourth-order valence-electron chi connectivity index (χ4n) is 9.24. The van der Waals surface area contributed by atoms with Crippen LogP contribution in [0.3, 0.4) is 0 Å². The first kappa shape index (κ1) is 24.9. The van der Waals surface area contributed by atoms with Crippen molar-refractivity contribution in [2.24, 2.45) is 0 Å². The maximum Gasteiger partial charge on any atom is -0.00201 e. The molecule has 0 saturated heterocycles. The summed E-state index contributed by atoms with van der Waals surface area (Å²) in [6, 6.07) is 59.6. The molecule has 0 heteroatoms. The van der Waals surface area contributed by atoms with Crippen molar-refractivity contribution in [3.05, 3.63) is 158 Å². The fraction of sp³-hybridized carbons (Fsp3) is 0. The molecule has 0 aliphatic carbocycles. The largest absolute Gasteiger partial charge is 0.0610 e. The molecule has 0 unspecified atom stereocenters. The van der Waals surface area contributed by atoms with Gasteiger partial charge in [0, 0.05) is 0 Å². The van der Waals surface area contributed by atoms with Crippen LogP contribution in [0.15, 0.2) is 158 Å². The van der Waals surface area contributed by atoms with E-state index in [9.17, 15) is 0 Å². The Bertz CT molecular complexity index is 3020. The Labute approximate surface area is 276 Å². The van der Waals surface area contributed by atoms with Crippen molar-refractivity contribution in [1.82, 2.24) is 0 Å². The third-order valence-electron chi connectivity index (χ3n) is 11.3. The highest BCUT2D eigenvalue weighted by Crippen LogP contribution is 2.48. The van der Waals surface area contributed by atoms with E-state index in [1.807, 2.05) is 0 Å². The van der Waals surface area contributed by atoms with Gasteiger partial charge in [0.25, 0.3) is 0 Å². The lowest BCUT2D eigenvalue weighted by atomic mass is 9.83. The van der Waals surface area contributed by atoms with Gasteiger partial charge in [-0.1, -0.05) is 146 Å². The zero-order valence-electron chi connectivity index (χ0n) is 26.0. The molecule has 0 amide bonds. The van der Waals surface area contributed by atoms with Crippen LogP contribution < -0.4 is 0 Å². The van der Waals surface area contributed by atoms with Crippen molar-refractivity contribution in [2.75, 3.05) is 0 Å². The van der Waals surface area contributed by atoms with Crippen LogP contribution in [0.4, 0.5) is 0 Å². The van der Waals surface area contributed by atoms with Gasteiger partial charge < -0.3 is 0 Å². The molecule has 0 heterocycles. The summed E-state index contributed by atoms with van der Waals surface area (Å²) in [5, 5.41) is 23.8. The Kier molecular flexibility index (Phi) is 4.55. The molecule has 0 saturated carbocycles. The summed E-state index contributed by atoms with van der Waals surface area (Å²) in [7, 11) is 0. The molecule has 12 aromatic rings. The summed E-state index contributed by atoms with van der Waals surface area (Å²) >= 11 is 0. The monoisotopic (exact) mass is 602 g/mol. The highest BCUT2D eigenvalue weighted by molar-refractivity contribution is 6.33. The normalized spacial score (nSPS) is 12.6. The minimum atomic E-state index is 1.29. The van der Waals surface area contributed by atoms with Crippen LogP contribution in [0.2, 0.25) is 0 Å². The van der Waals surface area contributed by atoms with Crippen molar-refractivity contribution in [3.63, 3.8) is 0 Å². The predicted octanol–water partition coefficient (Wildman–Crippen LogP) is 13.7. The molecule has 218 valence electrons. The smallest absolute Gasteiger partial charge is 0.00201 e. The van der Waals surface area contributed by atoms with Crippen LogP contribution in [0.1, 0.15) is 0 Å². The van der Waals surface area contributed by atoms with Gasteiger partial charge in [0.15, 0.2) is 0 Å². The molecule has 0 bridgehead atoms. The topological polar surface area (TPSA) is 0 Å². The van der Waals surface area contributed by atoms with E-state index in [1.165, 1.54) is 119 Å². The van der Waals surface area contributed by atoms with Gasteiger partial charge in [-0.2, -0.15) is 0 Å². The van der Waals surface area contributed by atoms with E-state index in [0.717, 1.165) is 0 Å². The molecular formula is C48H26. The molecule has 12 rings (SSSR count). The van der Waals surface area contributed by atoms with E-state index in [1.54, 1.807) is 0 Å². The van der Waals surface area contributed by atoms with Crippen molar-refractivity contribution >= 4 is 97.0 Å². The average Bonchev–Trinajstić information content (AvgIpc) is 3.15. The zero-order chi connectivity index (χ0) is 31.1. The van der Waals surface area contributed by atoms with Crippen LogP contribution in [0.5, 0.6) is 0 Å². The summed E-state index contributed by atoms with van der Waals surface area (Å²) in [4.78, 5) is 0. The summed E-state index contributed by atoms with van der Waals surface area (Å²) in [6.45, 7) is 0. The molecule has 0 aromatic heterocycles. The summed E-state index contributed by atoms with van der Waals surface area (Å²) in [5.41, 5.74) is 5.20. The molecule has 0 atom stereocenters. The first-order valence-electron chi connectivity index (χ1n) is 16.8. The zero-order valence-corrected chi connectivity index (χ0v) is 26.0. The molecule has 12 aromatic carbocycles. The lowest BCUT2D eigenvalue weighted by molar-refractivity contribution is 1.71. The lowest BCUT2D eigenvalue weighted by Crippen LogP contribution is -1.93. The van der Waals surface area contributed by atoms with Gasteiger partial charge in [0.1, 0.15) is 0 Å². The van der Waals surface area contributed by atoms with Crippen LogP contribution in [0, 0.1) is 0 Å². The molecule has 0 aliphatic heterocycles. The van der Waals surface area contributed by atoms with Gasteiger partial charge >= 0.3 is 0 Å². The van der Waals surface area contributed by atoms with Crippen molar-refractivity contribution in [3.8, 4) is 22.3 Å². The van der Waals surface area contributed by atoms with Crippen molar-refractivity contribution in [2.45, 2.75) is 0 Å². The molecule has 0 aliphatic rings. The number of rotatable bonds is 2. The maximum atomic E-state index is 2.45. The van der Waals surface area contributed by atoms with Crippen LogP contribution in [-0.2, 0) is 0 Å². The van der Waals surface area contributed by atoms with Gasteiger partial charge in [0.2, 0.25) is 0 Å². The van der Waals surface area contributed by atoms with Crippen molar-refractivity contribution in [1.29, 1.82) is 0 Å². The molecule has 0 N–H and O–H groups in total. The SMILES string of the molecule is c1cc2ccc3ccc(-c4cc5cccc6c(-c7ccc8ccc9cccc%10ccc7c8c9%10)cc7cccc4c7c56)c4ccc(c1)c2c34. The molecule has 0 nitrogen and oxygen atoms in total. The highest BCUT2D eigenvalue weighted by atomic mass is 14.2. The molecule has 0 spiro atoms. The predicted molar refractivity (Wildman–Crippen MR) is 208 cm³/mol. The Morgan fingerprint density at radius 3 is 0.917 bits per heavy atom. The molecule has 0 fully saturated rings. The first-order valence-corrected chi connectivity index (χ1v) is 16.8. The third kappa shape index (κ3) is 3.06. The number of hydrogen-bond donors (Lipinski definition) is 0. The van der Waals surface area contributed by atoms with Crippen LogP contribution in [-0.4, -0.2) is 0 Å². The minimum absolute atomic E-state index is 1.29. The van der Waals surface area contributed by atoms with E-state index in [4.69, 9.17) is 0 Å². The van der Waals surface area contributed by atoms with E-state index >= 15 is 0 Å². The van der Waals surface area contributed by atoms with Crippen LogP contribution in [0.25, 0.3) is 119 Å². The van der Waals surface area contributed by atoms with Gasteiger partial charge in [-0.05, 0) is 131 Å². The van der Waals surface area contributed by atoms with Gasteiger partial charge in [0.05, 0.1) is 0 Å². The second kappa shape index (κ2) is 8.76. The summed E-state index contributed by atoms with van der Waals surface area (Å²) in [5.74, 6) is 0. The fourth-order valence-corrected chi connectivity index (χ4v) is 9.24. The Hall–Kier alpha value is -6.24. The second-order valence-corrected chi connectivity index (χ2v) is 13.6. The van der Waals surface area contributed by atoms with Crippen molar-refractivity contribution < 1.29 is 0 Å². The minimum Gasteiger partial charge on any atom is -0.0610 e. The Morgan fingerprint density at radius 1 is 0.188 bits per heavy atom. The quantitative estimate of drug-likeness (QED) is 0.173. The maximum absolute atomic E-state index is 2.45. The standard InChI is InChI=1S/C48H26/c1-5-27-13-15-31-17-21-35(39-23-19-29(7-1)43(27)45(31)39)41-25-33-9-4-12-38-42(26-34-10-3-11-37(41)47(34)48(33)38)36-22-18-32-16-14-28-6-2-8-30-20-24-40(36)46(32)44(28)30/h1-26H. The third-order valence-corrected chi connectivity index (χ3v) is 11.3.